The number of rotatable bonds is 8. The van der Waals surface area contributed by atoms with Crippen LogP contribution in [0.15, 0.2) is 64.5 Å². The molecule has 0 bridgehead atoms. The molecular formula is C22H30IN3O2S. The summed E-state index contributed by atoms with van der Waals surface area (Å²) in [4.78, 5) is 5.17. The Bertz CT molecular complexity index is 909. The van der Waals surface area contributed by atoms with Gasteiger partial charge in [0.1, 0.15) is 0 Å². The average Bonchev–Trinajstić information content (AvgIpc) is 3.48. The maximum atomic E-state index is 11.5. The molecular weight excluding hydrogens is 497 g/mol. The van der Waals surface area contributed by atoms with E-state index in [1.807, 2.05) is 12.1 Å². The zero-order valence-electron chi connectivity index (χ0n) is 17.0. The lowest BCUT2D eigenvalue weighted by Crippen LogP contribution is -2.39. The standard InChI is InChI=1S/C22H29N3O2S.HI/c1-3-23-21(25-17-22(14-15-22)19-7-5-4-6-8-19)24-16-13-18-9-11-20(12-10-18)28(2,26)27;/h4-12H,3,13-17H2,1-2H3,(H2,23,24,25);1H. The van der Waals surface area contributed by atoms with E-state index in [1.165, 1.54) is 24.7 Å². The molecule has 0 aromatic heterocycles. The fourth-order valence-electron chi connectivity index (χ4n) is 3.28. The largest absolute Gasteiger partial charge is 0.357 e. The molecule has 2 aromatic carbocycles. The van der Waals surface area contributed by atoms with E-state index in [1.54, 1.807) is 12.1 Å². The Kier molecular flexibility index (Phi) is 8.51. The molecule has 0 aliphatic heterocycles. The van der Waals surface area contributed by atoms with Crippen LogP contribution < -0.4 is 10.6 Å². The first-order valence-corrected chi connectivity index (χ1v) is 11.7. The average molecular weight is 527 g/mol. The fraction of sp³-hybridized carbons (Fsp3) is 0.409. The monoisotopic (exact) mass is 527 g/mol. The number of benzene rings is 2. The lowest BCUT2D eigenvalue weighted by atomic mass is 9.96. The van der Waals surface area contributed by atoms with Gasteiger partial charge in [0, 0.05) is 24.8 Å². The van der Waals surface area contributed by atoms with E-state index in [-0.39, 0.29) is 29.4 Å². The van der Waals surface area contributed by atoms with Crippen molar-refractivity contribution >= 4 is 39.8 Å². The normalized spacial score (nSPS) is 15.3. The van der Waals surface area contributed by atoms with E-state index in [0.717, 1.165) is 37.6 Å². The van der Waals surface area contributed by atoms with Crippen molar-refractivity contribution < 1.29 is 8.42 Å². The van der Waals surface area contributed by atoms with Gasteiger partial charge in [-0.05, 0) is 49.4 Å². The molecule has 7 heteroatoms. The van der Waals surface area contributed by atoms with Crippen molar-refractivity contribution in [1.82, 2.24) is 10.6 Å². The van der Waals surface area contributed by atoms with Gasteiger partial charge in [-0.2, -0.15) is 0 Å². The zero-order valence-corrected chi connectivity index (χ0v) is 20.2. The molecule has 0 saturated heterocycles. The molecule has 2 aromatic rings. The summed E-state index contributed by atoms with van der Waals surface area (Å²) in [6, 6.07) is 17.7. The lowest BCUT2D eigenvalue weighted by Gasteiger charge is -2.16. The quantitative estimate of drug-likeness (QED) is 0.313. The molecule has 158 valence electrons. The van der Waals surface area contributed by atoms with Crippen LogP contribution in [-0.2, 0) is 21.7 Å². The van der Waals surface area contributed by atoms with Crippen molar-refractivity contribution in [2.24, 2.45) is 4.99 Å². The topological polar surface area (TPSA) is 70.6 Å². The number of hydrogen-bond donors (Lipinski definition) is 2. The highest BCUT2D eigenvalue weighted by Crippen LogP contribution is 2.48. The van der Waals surface area contributed by atoms with Crippen LogP contribution in [0.3, 0.4) is 0 Å². The molecule has 5 nitrogen and oxygen atoms in total. The molecule has 29 heavy (non-hydrogen) atoms. The number of sulfone groups is 1. The van der Waals surface area contributed by atoms with Gasteiger partial charge < -0.3 is 10.6 Å². The van der Waals surface area contributed by atoms with E-state index in [9.17, 15) is 8.42 Å². The minimum absolute atomic E-state index is 0. The molecule has 0 heterocycles. The number of hydrogen-bond acceptors (Lipinski definition) is 3. The van der Waals surface area contributed by atoms with Crippen molar-refractivity contribution in [2.45, 2.75) is 36.5 Å². The fourth-order valence-corrected chi connectivity index (χ4v) is 3.91. The molecule has 0 spiro atoms. The second-order valence-corrected chi connectivity index (χ2v) is 9.45. The Hall–Kier alpha value is -1.61. The Labute approximate surface area is 191 Å². The summed E-state index contributed by atoms with van der Waals surface area (Å²) in [6.45, 7) is 4.40. The van der Waals surface area contributed by atoms with Crippen LogP contribution in [0.2, 0.25) is 0 Å². The Morgan fingerprint density at radius 3 is 2.24 bits per heavy atom. The van der Waals surface area contributed by atoms with Crippen LogP contribution in [0.1, 0.15) is 30.9 Å². The molecule has 2 N–H and O–H groups in total. The van der Waals surface area contributed by atoms with Crippen molar-refractivity contribution in [3.63, 3.8) is 0 Å². The minimum Gasteiger partial charge on any atom is -0.357 e. The summed E-state index contributed by atoms with van der Waals surface area (Å²) in [7, 11) is -3.14. The van der Waals surface area contributed by atoms with E-state index < -0.39 is 9.84 Å². The molecule has 1 saturated carbocycles. The predicted molar refractivity (Wildman–Crippen MR) is 130 cm³/mol. The van der Waals surface area contributed by atoms with Crippen LogP contribution in [-0.4, -0.2) is 40.3 Å². The van der Waals surface area contributed by atoms with Gasteiger partial charge in [-0.25, -0.2) is 8.42 Å². The predicted octanol–water partition coefficient (Wildman–Crippen LogP) is 3.54. The smallest absolute Gasteiger partial charge is 0.191 e. The summed E-state index contributed by atoms with van der Waals surface area (Å²) in [5.74, 6) is 0.831. The first-order valence-electron chi connectivity index (χ1n) is 9.80. The van der Waals surface area contributed by atoms with E-state index >= 15 is 0 Å². The third-order valence-corrected chi connectivity index (χ3v) is 6.31. The molecule has 0 amide bonds. The second-order valence-electron chi connectivity index (χ2n) is 7.43. The van der Waals surface area contributed by atoms with Gasteiger partial charge in [-0.3, -0.25) is 4.99 Å². The molecule has 0 atom stereocenters. The van der Waals surface area contributed by atoms with Crippen molar-refractivity contribution in [2.75, 3.05) is 25.9 Å². The number of halogens is 1. The molecule has 1 aliphatic rings. The van der Waals surface area contributed by atoms with E-state index in [0.29, 0.717) is 4.90 Å². The van der Waals surface area contributed by atoms with Gasteiger partial charge in [0.25, 0.3) is 0 Å². The second kappa shape index (κ2) is 10.4. The van der Waals surface area contributed by atoms with Gasteiger partial charge in [0.2, 0.25) is 0 Å². The summed E-state index contributed by atoms with van der Waals surface area (Å²) in [6.07, 6.45) is 4.41. The third-order valence-electron chi connectivity index (χ3n) is 5.18. The highest BCUT2D eigenvalue weighted by Gasteiger charge is 2.43. The summed E-state index contributed by atoms with van der Waals surface area (Å²) >= 11 is 0. The molecule has 1 fully saturated rings. The van der Waals surface area contributed by atoms with Crippen LogP contribution >= 0.6 is 24.0 Å². The molecule has 3 rings (SSSR count). The van der Waals surface area contributed by atoms with Gasteiger partial charge in [0.15, 0.2) is 15.8 Å². The van der Waals surface area contributed by atoms with Crippen LogP contribution in [0.4, 0.5) is 0 Å². The van der Waals surface area contributed by atoms with Crippen LogP contribution in [0.25, 0.3) is 0 Å². The van der Waals surface area contributed by atoms with Gasteiger partial charge >= 0.3 is 0 Å². The maximum Gasteiger partial charge on any atom is 0.191 e. The third kappa shape index (κ3) is 6.70. The summed E-state index contributed by atoms with van der Waals surface area (Å²) < 4.78 is 23.1. The number of aliphatic imine (C=N–C) groups is 1. The Balaban J connectivity index is 0.00000300. The maximum absolute atomic E-state index is 11.5. The van der Waals surface area contributed by atoms with Crippen molar-refractivity contribution in [3.8, 4) is 0 Å². The first-order chi connectivity index (χ1) is 13.4. The van der Waals surface area contributed by atoms with Gasteiger partial charge in [-0.15, -0.1) is 24.0 Å². The lowest BCUT2D eigenvalue weighted by molar-refractivity contribution is 0.602. The Morgan fingerprint density at radius 1 is 1.03 bits per heavy atom. The molecule has 0 unspecified atom stereocenters. The van der Waals surface area contributed by atoms with Crippen LogP contribution in [0.5, 0.6) is 0 Å². The van der Waals surface area contributed by atoms with Gasteiger partial charge in [-0.1, -0.05) is 42.5 Å². The molecule has 0 radical (unpaired) electrons. The first kappa shape index (κ1) is 23.7. The SMILES string of the molecule is CCNC(=NCC1(c2ccccc2)CC1)NCCc1ccc(S(C)(=O)=O)cc1.I. The summed E-state index contributed by atoms with van der Waals surface area (Å²) in [5, 5.41) is 6.70. The van der Waals surface area contributed by atoms with Crippen LogP contribution in [0, 0.1) is 0 Å². The minimum atomic E-state index is -3.14. The Morgan fingerprint density at radius 2 is 1.69 bits per heavy atom. The zero-order chi connectivity index (χ0) is 20.0. The number of nitrogens with one attached hydrogen (secondary N) is 2. The van der Waals surface area contributed by atoms with E-state index in [2.05, 4.69) is 47.9 Å². The highest BCUT2D eigenvalue weighted by molar-refractivity contribution is 14.0. The van der Waals surface area contributed by atoms with E-state index in [4.69, 9.17) is 4.99 Å². The summed E-state index contributed by atoms with van der Waals surface area (Å²) in [5.41, 5.74) is 2.67. The van der Waals surface area contributed by atoms with Crippen molar-refractivity contribution in [1.29, 1.82) is 0 Å². The highest BCUT2D eigenvalue weighted by atomic mass is 127. The van der Waals surface area contributed by atoms with Gasteiger partial charge in [0.05, 0.1) is 11.4 Å². The number of nitrogens with zero attached hydrogens (tertiary/aromatic N) is 1. The van der Waals surface area contributed by atoms with Crippen molar-refractivity contribution in [3.05, 3.63) is 65.7 Å². The number of guanidine groups is 1. The molecule has 1 aliphatic carbocycles.